The Hall–Kier alpha value is -2.54. The minimum absolute atomic E-state index is 0.188. The predicted molar refractivity (Wildman–Crippen MR) is 113 cm³/mol. The van der Waals surface area contributed by atoms with Gasteiger partial charge in [-0.15, -0.1) is 11.3 Å². The lowest BCUT2D eigenvalue weighted by atomic mass is 10.1. The first-order valence-electron chi connectivity index (χ1n) is 9.36. The third-order valence-electron chi connectivity index (χ3n) is 5.44. The molecule has 1 aliphatic heterocycles. The zero-order valence-electron chi connectivity index (χ0n) is 16.3. The number of H-pyrrole nitrogens is 1. The van der Waals surface area contributed by atoms with Crippen molar-refractivity contribution in [1.29, 1.82) is 0 Å². The van der Waals surface area contributed by atoms with Crippen LogP contribution in [0.5, 0.6) is 0 Å². The number of fused-ring (bicyclic) bond motifs is 1. The van der Waals surface area contributed by atoms with Crippen LogP contribution in [0.2, 0.25) is 0 Å². The minimum Gasteiger partial charge on any atom is -0.352 e. The van der Waals surface area contributed by atoms with Gasteiger partial charge in [0, 0.05) is 31.2 Å². The van der Waals surface area contributed by atoms with Gasteiger partial charge in [0.1, 0.15) is 22.7 Å². The Morgan fingerprint density at radius 1 is 1.30 bits per heavy atom. The van der Waals surface area contributed by atoms with Crippen molar-refractivity contribution < 1.29 is 17.8 Å². The molecule has 1 saturated carbocycles. The molecular weight excluding hydrogens is 428 g/mol. The van der Waals surface area contributed by atoms with E-state index in [4.69, 9.17) is 0 Å². The van der Waals surface area contributed by atoms with Gasteiger partial charge >= 0.3 is 0 Å². The average molecular weight is 451 g/mol. The predicted octanol–water partition coefficient (Wildman–Crippen LogP) is 1.34. The van der Waals surface area contributed by atoms with E-state index in [9.17, 15) is 17.8 Å². The molecule has 30 heavy (non-hydrogen) atoms. The second kappa shape index (κ2) is 7.61. The van der Waals surface area contributed by atoms with Crippen LogP contribution in [0.3, 0.4) is 0 Å². The molecule has 0 aromatic carbocycles. The van der Waals surface area contributed by atoms with Crippen LogP contribution in [-0.4, -0.2) is 71.0 Å². The number of carbonyl (C=O) groups is 1. The van der Waals surface area contributed by atoms with E-state index in [1.807, 2.05) is 17.2 Å². The molecule has 0 radical (unpaired) electrons. The third kappa shape index (κ3) is 3.55. The molecule has 1 spiro atoms. The molecule has 4 N–H and O–H groups in total. The second-order valence-corrected chi connectivity index (χ2v) is 9.49. The minimum atomic E-state index is -4.31. The van der Waals surface area contributed by atoms with Gasteiger partial charge in [-0.1, -0.05) is 0 Å². The first-order chi connectivity index (χ1) is 14.4. The maximum absolute atomic E-state index is 13.0. The summed E-state index contributed by atoms with van der Waals surface area (Å²) in [5.74, 6) is 0.668. The fourth-order valence-electron chi connectivity index (χ4n) is 3.86. The summed E-state index contributed by atoms with van der Waals surface area (Å²) in [7, 11) is -2.81. The van der Waals surface area contributed by atoms with E-state index in [0.29, 0.717) is 24.5 Å². The first kappa shape index (κ1) is 20.7. The van der Waals surface area contributed by atoms with Gasteiger partial charge in [0.25, 0.3) is 16.0 Å². The highest BCUT2D eigenvalue weighted by Crippen LogP contribution is 2.46. The summed E-state index contributed by atoms with van der Waals surface area (Å²) in [6, 6.07) is 3.20. The number of aromatic amines is 1. The van der Waals surface area contributed by atoms with Crippen molar-refractivity contribution in [2.24, 2.45) is 5.73 Å². The molecule has 0 bridgehead atoms. The lowest BCUT2D eigenvalue weighted by molar-refractivity contribution is 0.0629. The molecule has 2 fully saturated rings. The highest BCUT2D eigenvalue weighted by molar-refractivity contribution is 7.86. The number of nitrogens with two attached hydrogens (primary N) is 1. The van der Waals surface area contributed by atoms with Crippen molar-refractivity contribution in [2.75, 3.05) is 31.6 Å². The van der Waals surface area contributed by atoms with Gasteiger partial charge in [-0.2, -0.15) is 8.42 Å². The summed E-state index contributed by atoms with van der Waals surface area (Å²) in [6.07, 6.45) is 5.16. The summed E-state index contributed by atoms with van der Waals surface area (Å²) < 4.78 is 31.7. The number of nitrogens with one attached hydrogen (secondary N) is 1. The Kier molecular flexibility index (Phi) is 5.26. The van der Waals surface area contributed by atoms with Crippen molar-refractivity contribution in [3.63, 3.8) is 0 Å². The molecule has 12 heteroatoms. The first-order valence-corrected chi connectivity index (χ1v) is 11.7. The molecule has 10 nitrogen and oxygen atoms in total. The Balaban J connectivity index is 0.00000106. The Bertz CT molecular complexity index is 1180. The van der Waals surface area contributed by atoms with Crippen LogP contribution < -0.4 is 10.6 Å². The summed E-state index contributed by atoms with van der Waals surface area (Å²) in [4.78, 5) is 28.9. The van der Waals surface area contributed by atoms with Gasteiger partial charge in [0.05, 0.1) is 15.8 Å². The number of hydrogen-bond donors (Lipinski definition) is 3. The Morgan fingerprint density at radius 2 is 2.07 bits per heavy atom. The number of anilines is 1. The van der Waals surface area contributed by atoms with E-state index in [1.165, 1.54) is 24.8 Å². The molecule has 0 atom stereocenters. The van der Waals surface area contributed by atoms with Crippen LogP contribution in [-0.2, 0) is 10.1 Å². The quantitative estimate of drug-likeness (QED) is 0.507. The summed E-state index contributed by atoms with van der Waals surface area (Å²) in [5.41, 5.74) is 5.02. The third-order valence-corrected chi connectivity index (χ3v) is 7.34. The van der Waals surface area contributed by atoms with E-state index in [-0.39, 0.29) is 16.3 Å². The van der Waals surface area contributed by atoms with Crippen LogP contribution in [0.25, 0.3) is 11.0 Å². The van der Waals surface area contributed by atoms with Gasteiger partial charge in [0.15, 0.2) is 0 Å². The van der Waals surface area contributed by atoms with Crippen molar-refractivity contribution in [3.8, 4) is 0 Å². The Morgan fingerprint density at radius 3 is 2.73 bits per heavy atom. The van der Waals surface area contributed by atoms with Crippen molar-refractivity contribution in [2.45, 2.75) is 23.3 Å². The van der Waals surface area contributed by atoms with Crippen LogP contribution in [0.1, 0.15) is 22.5 Å². The van der Waals surface area contributed by atoms with Gasteiger partial charge in [-0.3, -0.25) is 9.35 Å². The van der Waals surface area contributed by atoms with E-state index in [0.717, 1.165) is 41.0 Å². The van der Waals surface area contributed by atoms with E-state index in [2.05, 4.69) is 25.6 Å². The van der Waals surface area contributed by atoms with E-state index in [1.54, 1.807) is 0 Å². The zero-order valence-corrected chi connectivity index (χ0v) is 17.9. The Labute approximate surface area is 177 Å². The SMILES string of the molecule is CN.O=C(c1cc(S(=O)(=O)O)cs1)N1CCN(c2ncnc3[nH]ccc23)CC12CC2. The van der Waals surface area contributed by atoms with Crippen LogP contribution in [0, 0.1) is 0 Å². The summed E-state index contributed by atoms with van der Waals surface area (Å²) in [5, 5.41) is 2.25. The molecule has 2 aliphatic rings. The maximum atomic E-state index is 13.0. The van der Waals surface area contributed by atoms with Crippen molar-refractivity contribution >= 4 is 44.2 Å². The number of hydrogen-bond acceptors (Lipinski definition) is 8. The van der Waals surface area contributed by atoms with E-state index >= 15 is 0 Å². The smallest absolute Gasteiger partial charge is 0.295 e. The van der Waals surface area contributed by atoms with Crippen molar-refractivity contribution in [3.05, 3.63) is 34.9 Å². The molecule has 5 rings (SSSR count). The normalized spacial score (nSPS) is 17.7. The zero-order chi connectivity index (χ0) is 21.5. The second-order valence-electron chi connectivity index (χ2n) is 7.16. The van der Waals surface area contributed by atoms with Gasteiger partial charge < -0.3 is 20.5 Å². The molecule has 160 valence electrons. The average Bonchev–Trinajstić information content (AvgIpc) is 3.16. The monoisotopic (exact) mass is 450 g/mol. The molecule has 3 aromatic rings. The maximum Gasteiger partial charge on any atom is 0.295 e. The molecule has 1 amide bonds. The number of aromatic nitrogens is 3. The number of nitrogens with zero attached hydrogens (tertiary/aromatic N) is 4. The largest absolute Gasteiger partial charge is 0.352 e. The fraction of sp³-hybridized carbons (Fsp3) is 0.389. The molecule has 0 unspecified atom stereocenters. The summed E-state index contributed by atoms with van der Waals surface area (Å²) in [6.45, 7) is 1.82. The van der Waals surface area contributed by atoms with Crippen LogP contribution in [0.15, 0.2) is 34.9 Å². The van der Waals surface area contributed by atoms with Gasteiger partial charge in [-0.05, 0) is 32.0 Å². The number of thiophene rings is 1. The molecule has 1 saturated heterocycles. The van der Waals surface area contributed by atoms with Gasteiger partial charge in [0.2, 0.25) is 0 Å². The van der Waals surface area contributed by atoms with Crippen molar-refractivity contribution in [1.82, 2.24) is 19.9 Å². The van der Waals surface area contributed by atoms with Crippen LogP contribution in [0.4, 0.5) is 5.82 Å². The number of rotatable bonds is 3. The molecule has 3 aromatic heterocycles. The van der Waals surface area contributed by atoms with Gasteiger partial charge in [-0.25, -0.2) is 9.97 Å². The fourth-order valence-corrected chi connectivity index (χ4v) is 5.55. The highest BCUT2D eigenvalue weighted by Gasteiger charge is 2.53. The molecular formula is C18H22N6O4S2. The van der Waals surface area contributed by atoms with Crippen LogP contribution >= 0.6 is 11.3 Å². The standard InChI is InChI=1S/C17H17N5O4S2.CH5N/c23-16(13-7-11(8-27-13)28(24,25)26)22-6-5-21(9-17(22)2-3-17)15-12-1-4-18-14(12)19-10-20-15;1-2/h1,4,7-8,10H,2-3,5-6,9H2,(H,18,19,20)(H,24,25,26);2H2,1H3. The lowest BCUT2D eigenvalue weighted by Crippen LogP contribution is -2.57. The topological polar surface area (TPSA) is 146 Å². The number of amides is 1. The van der Waals surface area contributed by atoms with E-state index < -0.39 is 10.1 Å². The molecule has 4 heterocycles. The number of piperazine rings is 1. The number of carbonyl (C=O) groups excluding carboxylic acids is 1. The summed E-state index contributed by atoms with van der Waals surface area (Å²) >= 11 is 1.04. The molecule has 1 aliphatic carbocycles. The highest BCUT2D eigenvalue weighted by atomic mass is 32.2. The lowest BCUT2D eigenvalue weighted by Gasteiger charge is -2.42.